The van der Waals surface area contributed by atoms with Crippen molar-refractivity contribution in [1.82, 2.24) is 0 Å². The van der Waals surface area contributed by atoms with E-state index in [0.29, 0.717) is 16.3 Å². The highest BCUT2D eigenvalue weighted by Crippen LogP contribution is 2.36. The number of hydrogen-bond donors (Lipinski definition) is 0. The molecule has 3 heteroatoms. The van der Waals surface area contributed by atoms with Crippen LogP contribution in [0.2, 0.25) is 0 Å². The Labute approximate surface area is 70.7 Å². The van der Waals surface area contributed by atoms with E-state index in [0.717, 1.165) is 0 Å². The third kappa shape index (κ3) is 1.28. The fourth-order valence-electron chi connectivity index (χ4n) is 1.74. The maximum absolute atomic E-state index is 8.61. The maximum Gasteiger partial charge on any atom is 0.169 e. The average Bonchev–Trinajstić information content (AvgIpc) is 2.46. The molecule has 2 aliphatic rings. The van der Waals surface area contributed by atoms with Gasteiger partial charge < -0.3 is 0 Å². The van der Waals surface area contributed by atoms with Crippen LogP contribution in [-0.4, -0.2) is 16.3 Å². The minimum atomic E-state index is 0.475. The number of hydrogen-bond acceptors (Lipinski definition) is 3. The van der Waals surface area contributed by atoms with Gasteiger partial charge in [-0.1, -0.05) is 24.6 Å². The number of thioether (sulfide) groups is 1. The van der Waals surface area contributed by atoms with Crippen LogP contribution < -0.4 is 0 Å². The molecule has 1 aliphatic carbocycles. The van der Waals surface area contributed by atoms with Gasteiger partial charge in [0.05, 0.1) is 6.04 Å². The number of nitrogens with zero attached hydrogens (tertiary/aromatic N) is 2. The summed E-state index contributed by atoms with van der Waals surface area (Å²) < 4.78 is 0. The van der Waals surface area contributed by atoms with Crippen LogP contribution >= 0.6 is 11.8 Å². The summed E-state index contributed by atoms with van der Waals surface area (Å²) in [6.45, 7) is 0. The van der Waals surface area contributed by atoms with Crippen LogP contribution in [0.4, 0.5) is 0 Å². The summed E-state index contributed by atoms with van der Waals surface area (Å²) in [5.41, 5.74) is 0. The summed E-state index contributed by atoms with van der Waals surface area (Å²) in [6, 6.07) is 2.61. The van der Waals surface area contributed by atoms with Gasteiger partial charge in [-0.25, -0.2) is 0 Å². The van der Waals surface area contributed by atoms with E-state index < -0.39 is 0 Å². The topological polar surface area (TPSA) is 36.1 Å². The molecule has 0 saturated heterocycles. The Bertz CT molecular complexity index is 229. The first-order valence-electron chi connectivity index (χ1n) is 4.05. The predicted molar refractivity (Wildman–Crippen MR) is 46.7 cm³/mol. The van der Waals surface area contributed by atoms with Gasteiger partial charge in [0.1, 0.15) is 6.07 Å². The van der Waals surface area contributed by atoms with E-state index >= 15 is 0 Å². The molecule has 0 spiro atoms. The van der Waals surface area contributed by atoms with Crippen LogP contribution in [0.15, 0.2) is 4.99 Å². The molecule has 1 fully saturated rings. The summed E-state index contributed by atoms with van der Waals surface area (Å²) in [5.74, 6) is 0. The minimum absolute atomic E-state index is 0.475. The van der Waals surface area contributed by atoms with Gasteiger partial charge in [0.2, 0.25) is 0 Å². The van der Waals surface area contributed by atoms with Gasteiger partial charge in [-0.15, -0.1) is 0 Å². The third-order valence-electron chi connectivity index (χ3n) is 2.31. The average molecular weight is 166 g/mol. The fraction of sp³-hybridized carbons (Fsp3) is 0.750. The van der Waals surface area contributed by atoms with Crippen molar-refractivity contribution in [3.8, 4) is 6.07 Å². The molecule has 2 nitrogen and oxygen atoms in total. The highest BCUT2D eigenvalue weighted by atomic mass is 32.2. The molecule has 0 bridgehead atoms. The van der Waals surface area contributed by atoms with Gasteiger partial charge in [-0.3, -0.25) is 4.99 Å². The lowest BCUT2D eigenvalue weighted by Gasteiger charge is -2.21. The van der Waals surface area contributed by atoms with Gasteiger partial charge >= 0.3 is 0 Å². The van der Waals surface area contributed by atoms with E-state index in [9.17, 15) is 0 Å². The number of aliphatic imine (C=N–C) groups is 1. The largest absolute Gasteiger partial charge is 0.264 e. The molecule has 0 amide bonds. The molecule has 0 radical (unpaired) electrons. The van der Waals surface area contributed by atoms with Crippen LogP contribution in [-0.2, 0) is 0 Å². The van der Waals surface area contributed by atoms with Gasteiger partial charge in [0, 0.05) is 5.25 Å². The van der Waals surface area contributed by atoms with Crippen LogP contribution in [0.5, 0.6) is 0 Å². The highest BCUT2D eigenvalue weighted by Gasteiger charge is 2.31. The summed E-state index contributed by atoms with van der Waals surface area (Å²) in [6.07, 6.45) is 5.07. The van der Waals surface area contributed by atoms with Crippen LogP contribution in [0.1, 0.15) is 25.7 Å². The number of nitriles is 1. The summed E-state index contributed by atoms with van der Waals surface area (Å²) in [4.78, 5) is 4.35. The second kappa shape index (κ2) is 2.86. The Balaban J connectivity index is 2.09. The first kappa shape index (κ1) is 7.17. The van der Waals surface area contributed by atoms with Crippen molar-refractivity contribution in [2.24, 2.45) is 4.99 Å². The molecular formula is C8H10N2S. The molecule has 2 unspecified atom stereocenters. The van der Waals surface area contributed by atoms with E-state index in [1.165, 1.54) is 25.7 Å². The quantitative estimate of drug-likeness (QED) is 0.551. The van der Waals surface area contributed by atoms with Crippen molar-refractivity contribution in [2.75, 3.05) is 0 Å². The Kier molecular flexibility index (Phi) is 1.87. The molecule has 0 aromatic heterocycles. The van der Waals surface area contributed by atoms with Crippen molar-refractivity contribution in [1.29, 1.82) is 5.26 Å². The zero-order valence-electron chi connectivity index (χ0n) is 6.29. The van der Waals surface area contributed by atoms with Gasteiger partial charge in [-0.05, 0) is 12.8 Å². The molecule has 1 aliphatic heterocycles. The second-order valence-corrected chi connectivity index (χ2v) is 4.28. The molecule has 0 N–H and O–H groups in total. The SMILES string of the molecule is N#CC1=NC2CCCCC2S1. The van der Waals surface area contributed by atoms with E-state index in [-0.39, 0.29) is 0 Å². The highest BCUT2D eigenvalue weighted by molar-refractivity contribution is 8.15. The van der Waals surface area contributed by atoms with E-state index in [2.05, 4.69) is 11.1 Å². The summed E-state index contributed by atoms with van der Waals surface area (Å²) in [5, 5.41) is 9.96. The molecule has 1 heterocycles. The number of rotatable bonds is 0. The van der Waals surface area contributed by atoms with Crippen molar-refractivity contribution < 1.29 is 0 Å². The fourth-order valence-corrected chi connectivity index (χ4v) is 2.92. The summed E-state index contributed by atoms with van der Waals surface area (Å²) >= 11 is 1.68. The van der Waals surface area contributed by atoms with Crippen LogP contribution in [0, 0.1) is 11.3 Å². The number of fused-ring (bicyclic) bond motifs is 1. The van der Waals surface area contributed by atoms with Gasteiger partial charge in [-0.2, -0.15) is 5.26 Å². The van der Waals surface area contributed by atoms with E-state index in [4.69, 9.17) is 5.26 Å². The zero-order chi connectivity index (χ0) is 7.68. The standard InChI is InChI=1S/C8H10N2S/c9-5-8-10-6-3-1-2-4-7(6)11-8/h6-7H,1-4H2. The maximum atomic E-state index is 8.61. The van der Waals surface area contributed by atoms with Crippen LogP contribution in [0.3, 0.4) is 0 Å². The smallest absolute Gasteiger partial charge is 0.169 e. The van der Waals surface area contributed by atoms with Crippen molar-refractivity contribution in [3.63, 3.8) is 0 Å². The monoisotopic (exact) mass is 166 g/mol. The van der Waals surface area contributed by atoms with Crippen molar-refractivity contribution >= 4 is 16.8 Å². The van der Waals surface area contributed by atoms with Crippen LogP contribution in [0.25, 0.3) is 0 Å². The Morgan fingerprint density at radius 3 is 3.00 bits per heavy atom. The molecule has 11 heavy (non-hydrogen) atoms. The van der Waals surface area contributed by atoms with Crippen molar-refractivity contribution in [2.45, 2.75) is 37.0 Å². The third-order valence-corrected chi connectivity index (χ3v) is 3.58. The molecule has 58 valence electrons. The lowest BCUT2D eigenvalue weighted by atomic mass is 9.95. The molecule has 2 rings (SSSR count). The first-order valence-corrected chi connectivity index (χ1v) is 4.92. The molecule has 0 aromatic rings. The molecule has 0 aromatic carbocycles. The normalized spacial score (nSPS) is 35.7. The summed E-state index contributed by atoms with van der Waals surface area (Å²) in [7, 11) is 0. The van der Waals surface area contributed by atoms with Gasteiger partial charge in [0.15, 0.2) is 5.04 Å². The van der Waals surface area contributed by atoms with Gasteiger partial charge in [0.25, 0.3) is 0 Å². The predicted octanol–water partition coefficient (Wildman–Crippen LogP) is 1.97. The van der Waals surface area contributed by atoms with E-state index in [1.54, 1.807) is 11.8 Å². The molecule has 1 saturated carbocycles. The molecule has 2 atom stereocenters. The first-order chi connectivity index (χ1) is 5.40. The lowest BCUT2D eigenvalue weighted by Crippen LogP contribution is -2.21. The Morgan fingerprint density at radius 1 is 1.45 bits per heavy atom. The van der Waals surface area contributed by atoms with E-state index in [1.807, 2.05) is 0 Å². The Hall–Kier alpha value is -0.490. The Morgan fingerprint density at radius 2 is 2.27 bits per heavy atom. The van der Waals surface area contributed by atoms with Crippen molar-refractivity contribution in [3.05, 3.63) is 0 Å². The zero-order valence-corrected chi connectivity index (χ0v) is 7.10. The second-order valence-electron chi connectivity index (χ2n) is 3.05. The molecular weight excluding hydrogens is 156 g/mol. The minimum Gasteiger partial charge on any atom is -0.264 e. The lowest BCUT2D eigenvalue weighted by molar-refractivity contribution is 0.462.